The van der Waals surface area contributed by atoms with E-state index in [0.717, 1.165) is 19.1 Å². The Morgan fingerprint density at radius 2 is 2.22 bits per heavy atom. The van der Waals surface area contributed by atoms with E-state index in [1.165, 1.54) is 19.3 Å². The summed E-state index contributed by atoms with van der Waals surface area (Å²) in [6, 6.07) is 0. The second-order valence-corrected chi connectivity index (χ2v) is 6.03. The lowest BCUT2D eigenvalue weighted by atomic mass is 10.1. The van der Waals surface area contributed by atoms with Crippen LogP contribution in [0.3, 0.4) is 0 Å². The standard InChI is InChI=1S/C13H22O4S/c1-3-4-5-6-7-9-12-10-8-11-13(16-12)17-18(2,14)15/h7-9,11-13H,3-6,10H2,1-2H3/b9-7-/t12-,13?/m0/s1. The number of unbranched alkanes of at least 4 members (excludes halogenated alkanes) is 3. The molecule has 18 heavy (non-hydrogen) atoms. The van der Waals surface area contributed by atoms with Gasteiger partial charge in [-0.05, 0) is 25.3 Å². The predicted molar refractivity (Wildman–Crippen MR) is 71.6 cm³/mol. The maximum absolute atomic E-state index is 11.0. The molecule has 0 saturated carbocycles. The highest BCUT2D eigenvalue weighted by Gasteiger charge is 2.20. The Morgan fingerprint density at radius 3 is 2.89 bits per heavy atom. The molecular weight excluding hydrogens is 252 g/mol. The van der Waals surface area contributed by atoms with Crippen LogP contribution in [0.4, 0.5) is 0 Å². The Bertz CT molecular complexity index is 384. The van der Waals surface area contributed by atoms with Gasteiger partial charge in [0.1, 0.15) is 0 Å². The van der Waals surface area contributed by atoms with Crippen molar-refractivity contribution in [3.8, 4) is 0 Å². The normalized spacial score (nSPS) is 24.8. The highest BCUT2D eigenvalue weighted by Crippen LogP contribution is 2.16. The fourth-order valence-electron chi connectivity index (χ4n) is 1.71. The first-order valence-corrected chi connectivity index (χ1v) is 8.20. The average Bonchev–Trinajstić information content (AvgIpc) is 2.27. The summed E-state index contributed by atoms with van der Waals surface area (Å²) in [6.45, 7) is 2.17. The summed E-state index contributed by atoms with van der Waals surface area (Å²) in [5, 5.41) is 0. The molecule has 0 amide bonds. The van der Waals surface area contributed by atoms with Gasteiger partial charge in [-0.3, -0.25) is 0 Å². The molecule has 0 radical (unpaired) electrons. The van der Waals surface area contributed by atoms with E-state index in [4.69, 9.17) is 8.92 Å². The maximum Gasteiger partial charge on any atom is 0.267 e. The third-order valence-electron chi connectivity index (χ3n) is 2.57. The minimum atomic E-state index is -3.48. The van der Waals surface area contributed by atoms with Crippen molar-refractivity contribution in [3.63, 3.8) is 0 Å². The summed E-state index contributed by atoms with van der Waals surface area (Å²) in [6.07, 6.45) is 13.1. The van der Waals surface area contributed by atoms with Gasteiger partial charge < -0.3 is 4.74 Å². The van der Waals surface area contributed by atoms with Gasteiger partial charge in [0.25, 0.3) is 10.1 Å². The Balaban J connectivity index is 2.35. The third kappa shape index (κ3) is 6.93. The van der Waals surface area contributed by atoms with E-state index >= 15 is 0 Å². The third-order valence-corrected chi connectivity index (χ3v) is 3.10. The number of ether oxygens (including phenoxy) is 1. The zero-order valence-electron chi connectivity index (χ0n) is 11.0. The largest absolute Gasteiger partial charge is 0.340 e. The fourth-order valence-corrected chi connectivity index (χ4v) is 2.16. The lowest BCUT2D eigenvalue weighted by Crippen LogP contribution is -2.26. The summed E-state index contributed by atoms with van der Waals surface area (Å²) >= 11 is 0. The first-order valence-electron chi connectivity index (χ1n) is 6.38. The van der Waals surface area contributed by atoms with Gasteiger partial charge >= 0.3 is 0 Å². The van der Waals surface area contributed by atoms with Crippen molar-refractivity contribution in [2.24, 2.45) is 0 Å². The molecule has 0 aliphatic carbocycles. The monoisotopic (exact) mass is 274 g/mol. The molecule has 1 aliphatic heterocycles. The van der Waals surface area contributed by atoms with Gasteiger partial charge in [0, 0.05) is 0 Å². The molecule has 104 valence electrons. The fraction of sp³-hybridized carbons (Fsp3) is 0.692. The van der Waals surface area contributed by atoms with E-state index < -0.39 is 16.4 Å². The highest BCUT2D eigenvalue weighted by molar-refractivity contribution is 7.86. The molecule has 4 nitrogen and oxygen atoms in total. The molecule has 1 heterocycles. The minimum Gasteiger partial charge on any atom is -0.340 e. The summed E-state index contributed by atoms with van der Waals surface area (Å²) < 4.78 is 32.2. The molecule has 2 atom stereocenters. The topological polar surface area (TPSA) is 52.6 Å². The lowest BCUT2D eigenvalue weighted by Gasteiger charge is -2.22. The minimum absolute atomic E-state index is 0.0941. The zero-order valence-corrected chi connectivity index (χ0v) is 11.9. The van der Waals surface area contributed by atoms with Crippen molar-refractivity contribution in [1.82, 2.24) is 0 Å². The number of hydrogen-bond acceptors (Lipinski definition) is 4. The predicted octanol–water partition coefficient (Wildman–Crippen LogP) is 2.77. The van der Waals surface area contributed by atoms with Crippen molar-refractivity contribution < 1.29 is 17.3 Å². The van der Waals surface area contributed by atoms with E-state index in [2.05, 4.69) is 13.0 Å². The summed E-state index contributed by atoms with van der Waals surface area (Å²) in [5.74, 6) is 0. The molecule has 0 bridgehead atoms. The maximum atomic E-state index is 11.0. The van der Waals surface area contributed by atoms with E-state index in [1.807, 2.05) is 12.2 Å². The first-order chi connectivity index (χ1) is 8.51. The molecule has 0 aromatic rings. The van der Waals surface area contributed by atoms with Gasteiger partial charge in [-0.2, -0.15) is 8.42 Å². The number of allylic oxidation sites excluding steroid dienone is 1. The summed E-state index contributed by atoms with van der Waals surface area (Å²) in [4.78, 5) is 0. The van der Waals surface area contributed by atoms with Crippen LogP contribution in [-0.2, 0) is 19.0 Å². The van der Waals surface area contributed by atoms with Gasteiger partial charge in [0.2, 0.25) is 0 Å². The summed E-state index contributed by atoms with van der Waals surface area (Å²) in [5.41, 5.74) is 0. The van der Waals surface area contributed by atoms with Crippen LogP contribution in [0, 0.1) is 0 Å². The molecule has 0 aromatic heterocycles. The van der Waals surface area contributed by atoms with Crippen molar-refractivity contribution in [2.75, 3.05) is 6.26 Å². The van der Waals surface area contributed by atoms with Gasteiger partial charge in [-0.15, -0.1) is 0 Å². The molecular formula is C13H22O4S. The van der Waals surface area contributed by atoms with Crippen LogP contribution < -0.4 is 0 Å². The smallest absolute Gasteiger partial charge is 0.267 e. The Kier molecular flexibility index (Phi) is 6.60. The number of rotatable bonds is 7. The molecule has 1 unspecified atom stereocenters. The van der Waals surface area contributed by atoms with Crippen LogP contribution in [0.15, 0.2) is 24.3 Å². The van der Waals surface area contributed by atoms with E-state index in [0.29, 0.717) is 0 Å². The Labute approximate surface area is 110 Å². The molecule has 0 fully saturated rings. The Morgan fingerprint density at radius 1 is 1.44 bits per heavy atom. The van der Waals surface area contributed by atoms with Gasteiger partial charge in [0.05, 0.1) is 12.4 Å². The van der Waals surface area contributed by atoms with Crippen LogP contribution in [-0.4, -0.2) is 27.1 Å². The first kappa shape index (κ1) is 15.4. The van der Waals surface area contributed by atoms with Crippen LogP contribution in [0.25, 0.3) is 0 Å². The van der Waals surface area contributed by atoms with Crippen molar-refractivity contribution in [3.05, 3.63) is 24.3 Å². The highest BCUT2D eigenvalue weighted by atomic mass is 32.2. The van der Waals surface area contributed by atoms with E-state index in [9.17, 15) is 8.42 Å². The van der Waals surface area contributed by atoms with Crippen LogP contribution in [0.2, 0.25) is 0 Å². The molecule has 0 N–H and O–H groups in total. The van der Waals surface area contributed by atoms with Crippen molar-refractivity contribution in [1.29, 1.82) is 0 Å². The van der Waals surface area contributed by atoms with Crippen molar-refractivity contribution in [2.45, 2.75) is 51.4 Å². The molecule has 0 saturated heterocycles. The SMILES string of the molecule is CCCCC/C=C\[C@H]1CC=CC(OS(C)(=O)=O)O1. The second-order valence-electron chi connectivity index (χ2n) is 4.43. The molecule has 0 spiro atoms. The van der Waals surface area contributed by atoms with Crippen LogP contribution in [0.5, 0.6) is 0 Å². The summed E-state index contributed by atoms with van der Waals surface area (Å²) in [7, 11) is -3.48. The molecule has 1 aliphatic rings. The molecule has 5 heteroatoms. The Hall–Kier alpha value is -0.650. The van der Waals surface area contributed by atoms with Gasteiger partial charge in [0.15, 0.2) is 6.29 Å². The average molecular weight is 274 g/mol. The van der Waals surface area contributed by atoms with Crippen LogP contribution >= 0.6 is 0 Å². The second kappa shape index (κ2) is 7.71. The molecule has 1 rings (SSSR count). The van der Waals surface area contributed by atoms with Gasteiger partial charge in [-0.25, -0.2) is 4.18 Å². The number of hydrogen-bond donors (Lipinski definition) is 0. The lowest BCUT2D eigenvalue weighted by molar-refractivity contribution is -0.0745. The van der Waals surface area contributed by atoms with Crippen molar-refractivity contribution >= 4 is 10.1 Å². The zero-order chi connectivity index (χ0) is 13.4. The van der Waals surface area contributed by atoms with Crippen LogP contribution in [0.1, 0.15) is 39.0 Å². The van der Waals surface area contributed by atoms with E-state index in [1.54, 1.807) is 6.08 Å². The van der Waals surface area contributed by atoms with Gasteiger partial charge in [-0.1, -0.05) is 38.0 Å². The quantitative estimate of drug-likeness (QED) is 0.407. The molecule has 0 aromatic carbocycles. The van der Waals surface area contributed by atoms with E-state index in [-0.39, 0.29) is 6.10 Å².